The minimum atomic E-state index is -0.855. The van der Waals surface area contributed by atoms with Crippen LogP contribution in [0.2, 0.25) is 0 Å². The van der Waals surface area contributed by atoms with Crippen molar-refractivity contribution in [3.8, 4) is 23.0 Å². The molecular weight excluding hydrogens is 536 g/mol. The number of unbranched alkanes of at least 4 members (excludes halogenated alkanes) is 5. The molecule has 0 fully saturated rings. The van der Waals surface area contributed by atoms with E-state index in [9.17, 15) is 19.5 Å². The Morgan fingerprint density at radius 3 is 2.36 bits per heavy atom. The van der Waals surface area contributed by atoms with Gasteiger partial charge in [-0.2, -0.15) is 0 Å². The standard InChI is InChI=1S/C34H46O8/c1-4-13-27-30(18-16-26(24(3)35)33(27)39)41-20-11-9-7-6-8-10-19-34(5-2)23-29(36)28-22-25(15-17-31(28)42-34)40-21-12-14-32(37)38/h15-18,22,39H,4-14,19-21,23H2,1-3H3,(H,37,38). The maximum absolute atomic E-state index is 13.0. The van der Waals surface area contributed by atoms with Gasteiger partial charge in [0.15, 0.2) is 11.6 Å². The first kappa shape index (κ1) is 33.0. The highest BCUT2D eigenvalue weighted by Gasteiger charge is 2.38. The van der Waals surface area contributed by atoms with E-state index in [4.69, 9.17) is 19.3 Å². The molecule has 3 rings (SSSR count). The van der Waals surface area contributed by atoms with Gasteiger partial charge in [-0.15, -0.1) is 0 Å². The fourth-order valence-corrected chi connectivity index (χ4v) is 5.46. The zero-order valence-electron chi connectivity index (χ0n) is 25.3. The van der Waals surface area contributed by atoms with Crippen LogP contribution in [0.25, 0.3) is 0 Å². The van der Waals surface area contributed by atoms with E-state index in [0.29, 0.717) is 59.8 Å². The second-order valence-corrected chi connectivity index (χ2v) is 11.2. The van der Waals surface area contributed by atoms with E-state index in [1.807, 2.05) is 6.92 Å². The lowest BCUT2D eigenvalue weighted by atomic mass is 9.83. The summed E-state index contributed by atoms with van der Waals surface area (Å²) in [6.07, 6.45) is 10.1. The predicted molar refractivity (Wildman–Crippen MR) is 161 cm³/mol. The number of rotatable bonds is 19. The third kappa shape index (κ3) is 9.23. The van der Waals surface area contributed by atoms with Gasteiger partial charge >= 0.3 is 5.97 Å². The molecule has 1 unspecified atom stereocenters. The number of ether oxygens (including phenoxy) is 3. The molecule has 8 heteroatoms. The van der Waals surface area contributed by atoms with E-state index in [1.54, 1.807) is 30.3 Å². The number of carbonyl (C=O) groups excluding carboxylic acids is 2. The summed E-state index contributed by atoms with van der Waals surface area (Å²) in [5.41, 5.74) is 1.10. The molecule has 0 bridgehead atoms. The van der Waals surface area contributed by atoms with Crippen LogP contribution in [0.4, 0.5) is 0 Å². The number of aromatic hydroxyl groups is 1. The maximum atomic E-state index is 13.0. The van der Waals surface area contributed by atoms with Crippen LogP contribution in [0.15, 0.2) is 30.3 Å². The topological polar surface area (TPSA) is 119 Å². The van der Waals surface area contributed by atoms with Gasteiger partial charge in [-0.05, 0) is 75.8 Å². The molecule has 1 atom stereocenters. The molecule has 0 radical (unpaired) electrons. The Bertz CT molecular complexity index is 1220. The summed E-state index contributed by atoms with van der Waals surface area (Å²) >= 11 is 0. The zero-order chi connectivity index (χ0) is 30.5. The lowest BCUT2D eigenvalue weighted by Crippen LogP contribution is -2.41. The van der Waals surface area contributed by atoms with E-state index in [-0.39, 0.29) is 30.3 Å². The highest BCUT2D eigenvalue weighted by molar-refractivity contribution is 6.00. The van der Waals surface area contributed by atoms with Gasteiger partial charge in [-0.1, -0.05) is 46.0 Å². The Labute approximate surface area is 249 Å². The van der Waals surface area contributed by atoms with Crippen LogP contribution in [-0.4, -0.2) is 46.6 Å². The number of ketones is 2. The van der Waals surface area contributed by atoms with E-state index >= 15 is 0 Å². The number of carboxylic acid groups (broad SMARTS) is 1. The minimum Gasteiger partial charge on any atom is -0.507 e. The highest BCUT2D eigenvalue weighted by atomic mass is 16.5. The highest BCUT2D eigenvalue weighted by Crippen LogP contribution is 2.40. The van der Waals surface area contributed by atoms with Gasteiger partial charge in [0.05, 0.1) is 30.8 Å². The monoisotopic (exact) mass is 582 g/mol. The Morgan fingerprint density at radius 1 is 0.952 bits per heavy atom. The van der Waals surface area contributed by atoms with Crippen molar-refractivity contribution in [3.63, 3.8) is 0 Å². The second-order valence-electron chi connectivity index (χ2n) is 11.2. The summed E-state index contributed by atoms with van der Waals surface area (Å²) in [6, 6.07) is 8.69. The third-order valence-electron chi connectivity index (χ3n) is 7.91. The summed E-state index contributed by atoms with van der Waals surface area (Å²) in [5, 5.41) is 19.3. The summed E-state index contributed by atoms with van der Waals surface area (Å²) in [5.74, 6) is 0.898. The molecule has 2 N–H and O–H groups in total. The predicted octanol–water partition coefficient (Wildman–Crippen LogP) is 7.71. The van der Waals surface area contributed by atoms with Crippen LogP contribution in [0.3, 0.4) is 0 Å². The van der Waals surface area contributed by atoms with Crippen molar-refractivity contribution in [2.75, 3.05) is 13.2 Å². The van der Waals surface area contributed by atoms with Crippen molar-refractivity contribution in [1.29, 1.82) is 0 Å². The van der Waals surface area contributed by atoms with E-state index < -0.39 is 11.6 Å². The van der Waals surface area contributed by atoms with Crippen LogP contribution >= 0.6 is 0 Å². The molecule has 2 aromatic rings. The largest absolute Gasteiger partial charge is 0.507 e. The van der Waals surface area contributed by atoms with Gasteiger partial charge in [0, 0.05) is 12.0 Å². The number of hydrogen-bond donors (Lipinski definition) is 2. The van der Waals surface area contributed by atoms with Crippen LogP contribution in [-0.2, 0) is 11.2 Å². The Morgan fingerprint density at radius 2 is 1.67 bits per heavy atom. The Hall–Kier alpha value is -3.55. The van der Waals surface area contributed by atoms with Crippen molar-refractivity contribution in [3.05, 3.63) is 47.0 Å². The average molecular weight is 583 g/mol. The number of carbonyl (C=O) groups is 3. The third-order valence-corrected chi connectivity index (χ3v) is 7.91. The van der Waals surface area contributed by atoms with Crippen LogP contribution in [0.5, 0.6) is 23.0 Å². The molecule has 8 nitrogen and oxygen atoms in total. The second kappa shape index (κ2) is 16.2. The molecule has 42 heavy (non-hydrogen) atoms. The number of fused-ring (bicyclic) bond motifs is 1. The summed E-state index contributed by atoms with van der Waals surface area (Å²) in [7, 11) is 0. The fourth-order valence-electron chi connectivity index (χ4n) is 5.46. The first-order valence-corrected chi connectivity index (χ1v) is 15.4. The van der Waals surface area contributed by atoms with Gasteiger partial charge in [0.25, 0.3) is 0 Å². The van der Waals surface area contributed by atoms with Gasteiger partial charge in [0.2, 0.25) is 0 Å². The van der Waals surface area contributed by atoms with Gasteiger partial charge in [-0.3, -0.25) is 14.4 Å². The van der Waals surface area contributed by atoms with Crippen LogP contribution in [0, 0.1) is 0 Å². The van der Waals surface area contributed by atoms with Crippen LogP contribution < -0.4 is 14.2 Å². The summed E-state index contributed by atoms with van der Waals surface area (Å²) < 4.78 is 18.0. The molecule has 230 valence electrons. The Balaban J connectivity index is 1.38. The first-order chi connectivity index (χ1) is 20.2. The zero-order valence-corrected chi connectivity index (χ0v) is 25.3. The number of hydrogen-bond acceptors (Lipinski definition) is 7. The number of benzene rings is 2. The van der Waals surface area contributed by atoms with Gasteiger partial charge in [0.1, 0.15) is 28.6 Å². The number of phenols is 1. The van der Waals surface area contributed by atoms with Gasteiger partial charge < -0.3 is 24.4 Å². The molecule has 0 saturated carbocycles. The molecule has 0 saturated heterocycles. The van der Waals surface area contributed by atoms with Crippen molar-refractivity contribution in [1.82, 2.24) is 0 Å². The number of Topliss-reactive ketones (excluding diaryl/α,β-unsaturated/α-hetero) is 2. The van der Waals surface area contributed by atoms with Crippen molar-refractivity contribution in [2.45, 2.75) is 110 Å². The molecule has 0 aliphatic carbocycles. The quantitative estimate of drug-likeness (QED) is 0.128. The normalized spacial score (nSPS) is 16.0. The minimum absolute atomic E-state index is 0.0440. The molecule has 0 amide bonds. The molecule has 0 aromatic heterocycles. The lowest BCUT2D eigenvalue weighted by molar-refractivity contribution is -0.137. The average Bonchev–Trinajstić information content (AvgIpc) is 2.96. The maximum Gasteiger partial charge on any atom is 0.303 e. The number of carboxylic acids is 1. The first-order valence-electron chi connectivity index (χ1n) is 15.4. The van der Waals surface area contributed by atoms with E-state index in [1.165, 1.54) is 6.92 Å². The van der Waals surface area contributed by atoms with E-state index in [2.05, 4.69) is 6.92 Å². The van der Waals surface area contributed by atoms with E-state index in [0.717, 1.165) is 57.8 Å². The Kier molecular flexibility index (Phi) is 12.7. The number of aliphatic carboxylic acids is 1. The van der Waals surface area contributed by atoms with Crippen molar-refractivity contribution < 1.29 is 38.8 Å². The molecular formula is C34H46O8. The van der Waals surface area contributed by atoms with Gasteiger partial charge in [-0.25, -0.2) is 0 Å². The fraction of sp³-hybridized carbons (Fsp3) is 0.559. The molecule has 1 aliphatic rings. The molecule has 0 spiro atoms. The summed E-state index contributed by atoms with van der Waals surface area (Å²) in [4.78, 5) is 35.5. The summed E-state index contributed by atoms with van der Waals surface area (Å²) in [6.45, 7) is 6.41. The smallest absolute Gasteiger partial charge is 0.303 e. The van der Waals surface area contributed by atoms with Crippen LogP contribution in [0.1, 0.15) is 124 Å². The van der Waals surface area contributed by atoms with Crippen molar-refractivity contribution >= 4 is 17.5 Å². The molecule has 1 aliphatic heterocycles. The van der Waals surface area contributed by atoms with Crippen molar-refractivity contribution in [2.24, 2.45) is 0 Å². The SMILES string of the molecule is CCCc1c(OCCCCCCCCC2(CC)CC(=O)c3cc(OCCCC(=O)O)ccc3O2)ccc(C(C)=O)c1O. The molecule has 1 heterocycles. The lowest BCUT2D eigenvalue weighted by Gasteiger charge is -2.37. The molecule has 2 aromatic carbocycles. The number of phenolic OH excluding ortho intramolecular Hbond substituents is 1.